The Morgan fingerprint density at radius 3 is 2.52 bits per heavy atom. The van der Waals surface area contributed by atoms with E-state index in [1.807, 2.05) is 0 Å². The van der Waals surface area contributed by atoms with E-state index in [4.69, 9.17) is 16.3 Å². The Morgan fingerprint density at radius 1 is 1.19 bits per heavy atom. The first-order valence-corrected chi connectivity index (χ1v) is 6.51. The zero-order chi connectivity index (χ0) is 15.4. The molecule has 2 aromatic rings. The van der Waals surface area contributed by atoms with Gasteiger partial charge in [0.15, 0.2) is 6.10 Å². The highest BCUT2D eigenvalue weighted by Crippen LogP contribution is 2.18. The Kier molecular flexibility index (Phi) is 4.75. The summed E-state index contributed by atoms with van der Waals surface area (Å²) in [6.45, 7) is 1.50. The summed E-state index contributed by atoms with van der Waals surface area (Å²) in [4.78, 5) is 11.9. The fourth-order valence-electron chi connectivity index (χ4n) is 1.60. The van der Waals surface area contributed by atoms with Crippen LogP contribution in [-0.4, -0.2) is 12.0 Å². The van der Waals surface area contributed by atoms with Crippen molar-refractivity contribution in [3.8, 4) is 5.75 Å². The van der Waals surface area contributed by atoms with Gasteiger partial charge in [0.25, 0.3) is 5.91 Å². The maximum atomic E-state index is 13.4. The molecule has 0 aliphatic rings. The number of hydrogen-bond donors (Lipinski definition) is 1. The molecule has 0 spiro atoms. The SMILES string of the molecule is CC(Oc1ccc(Cl)cc1)C(=O)Nc1cc(F)ccc1F. The molecule has 1 unspecified atom stereocenters. The van der Waals surface area contributed by atoms with Gasteiger partial charge in [-0.25, -0.2) is 8.78 Å². The topological polar surface area (TPSA) is 38.3 Å². The first kappa shape index (κ1) is 15.3. The zero-order valence-electron chi connectivity index (χ0n) is 11.1. The van der Waals surface area contributed by atoms with E-state index < -0.39 is 23.6 Å². The summed E-state index contributed by atoms with van der Waals surface area (Å²) >= 11 is 5.74. The average molecular weight is 312 g/mol. The fraction of sp³-hybridized carbons (Fsp3) is 0.133. The molecule has 0 heterocycles. The summed E-state index contributed by atoms with van der Waals surface area (Å²) in [5.74, 6) is -1.50. The number of ether oxygens (including phenoxy) is 1. The van der Waals surface area contributed by atoms with E-state index in [0.717, 1.165) is 18.2 Å². The number of halogens is 3. The largest absolute Gasteiger partial charge is 0.481 e. The molecule has 3 nitrogen and oxygen atoms in total. The molecule has 2 rings (SSSR count). The third kappa shape index (κ3) is 4.16. The highest BCUT2D eigenvalue weighted by atomic mass is 35.5. The molecule has 0 radical (unpaired) electrons. The molecule has 21 heavy (non-hydrogen) atoms. The molecule has 110 valence electrons. The highest BCUT2D eigenvalue weighted by molar-refractivity contribution is 6.30. The molecule has 1 amide bonds. The van der Waals surface area contributed by atoms with E-state index in [0.29, 0.717) is 10.8 Å². The standard InChI is InChI=1S/C15H12ClF2NO2/c1-9(21-12-5-2-10(16)3-6-12)15(20)19-14-8-11(17)4-7-13(14)18/h2-9H,1H3,(H,19,20). The van der Waals surface area contributed by atoms with Crippen LogP contribution in [0.25, 0.3) is 0 Å². The lowest BCUT2D eigenvalue weighted by atomic mass is 10.2. The number of nitrogens with one attached hydrogen (secondary N) is 1. The average Bonchev–Trinajstić information content (AvgIpc) is 2.45. The van der Waals surface area contributed by atoms with Crippen molar-refractivity contribution in [2.75, 3.05) is 5.32 Å². The van der Waals surface area contributed by atoms with E-state index in [9.17, 15) is 13.6 Å². The minimum Gasteiger partial charge on any atom is -0.481 e. The van der Waals surface area contributed by atoms with Crippen molar-refractivity contribution in [2.45, 2.75) is 13.0 Å². The van der Waals surface area contributed by atoms with Gasteiger partial charge in [0.05, 0.1) is 5.69 Å². The normalized spacial score (nSPS) is 11.8. The number of amides is 1. The Bertz CT molecular complexity index is 647. The molecule has 6 heteroatoms. The monoisotopic (exact) mass is 311 g/mol. The van der Waals surface area contributed by atoms with Gasteiger partial charge in [-0.3, -0.25) is 4.79 Å². The summed E-state index contributed by atoms with van der Waals surface area (Å²) in [6, 6.07) is 9.27. The van der Waals surface area contributed by atoms with Gasteiger partial charge in [0, 0.05) is 11.1 Å². The molecule has 1 atom stereocenters. The second kappa shape index (κ2) is 6.54. The van der Waals surface area contributed by atoms with Crippen LogP contribution in [0.4, 0.5) is 14.5 Å². The van der Waals surface area contributed by atoms with Crippen molar-refractivity contribution >= 4 is 23.2 Å². The number of carbonyl (C=O) groups is 1. The van der Waals surface area contributed by atoms with Crippen LogP contribution in [0.3, 0.4) is 0 Å². The maximum Gasteiger partial charge on any atom is 0.265 e. The minimum absolute atomic E-state index is 0.230. The Hall–Kier alpha value is -2.14. The van der Waals surface area contributed by atoms with Crippen LogP contribution in [0.15, 0.2) is 42.5 Å². The minimum atomic E-state index is -0.881. The van der Waals surface area contributed by atoms with Crippen LogP contribution in [-0.2, 0) is 4.79 Å². The third-order valence-electron chi connectivity index (χ3n) is 2.68. The van der Waals surface area contributed by atoms with E-state index in [-0.39, 0.29) is 5.69 Å². The van der Waals surface area contributed by atoms with Crippen LogP contribution in [0.5, 0.6) is 5.75 Å². The van der Waals surface area contributed by atoms with Gasteiger partial charge in [0.2, 0.25) is 0 Å². The van der Waals surface area contributed by atoms with E-state index in [2.05, 4.69) is 5.32 Å². The van der Waals surface area contributed by atoms with Gasteiger partial charge in [-0.05, 0) is 43.3 Å². The van der Waals surface area contributed by atoms with Crippen LogP contribution >= 0.6 is 11.6 Å². The van der Waals surface area contributed by atoms with E-state index >= 15 is 0 Å². The molecule has 1 N–H and O–H groups in total. The molecule has 2 aromatic carbocycles. The Balaban J connectivity index is 2.02. The summed E-state index contributed by atoms with van der Waals surface area (Å²) in [5.41, 5.74) is -0.230. The van der Waals surface area contributed by atoms with Gasteiger partial charge in [-0.1, -0.05) is 11.6 Å². The first-order valence-electron chi connectivity index (χ1n) is 6.14. The third-order valence-corrected chi connectivity index (χ3v) is 2.93. The van der Waals surface area contributed by atoms with E-state index in [1.54, 1.807) is 24.3 Å². The molecule has 0 aliphatic heterocycles. The zero-order valence-corrected chi connectivity index (χ0v) is 11.8. The lowest BCUT2D eigenvalue weighted by Gasteiger charge is -2.15. The molecule has 0 aliphatic carbocycles. The van der Waals surface area contributed by atoms with Gasteiger partial charge in [0.1, 0.15) is 17.4 Å². The number of rotatable bonds is 4. The maximum absolute atomic E-state index is 13.4. The van der Waals surface area contributed by atoms with Crippen molar-refractivity contribution in [2.24, 2.45) is 0 Å². The van der Waals surface area contributed by atoms with Crippen LogP contribution in [0, 0.1) is 11.6 Å². The van der Waals surface area contributed by atoms with Crippen molar-refractivity contribution in [3.05, 3.63) is 59.1 Å². The Morgan fingerprint density at radius 2 is 1.86 bits per heavy atom. The van der Waals surface area contributed by atoms with Crippen molar-refractivity contribution in [1.29, 1.82) is 0 Å². The quantitative estimate of drug-likeness (QED) is 0.926. The van der Waals surface area contributed by atoms with Crippen LogP contribution < -0.4 is 10.1 Å². The molecule has 0 bridgehead atoms. The second-order valence-electron chi connectivity index (χ2n) is 4.33. The predicted octanol–water partition coefficient (Wildman–Crippen LogP) is 4.02. The van der Waals surface area contributed by atoms with Crippen molar-refractivity contribution in [3.63, 3.8) is 0 Å². The van der Waals surface area contributed by atoms with E-state index in [1.165, 1.54) is 6.92 Å². The lowest BCUT2D eigenvalue weighted by Crippen LogP contribution is -2.30. The van der Waals surface area contributed by atoms with Crippen LogP contribution in [0.2, 0.25) is 5.02 Å². The number of carbonyl (C=O) groups excluding carboxylic acids is 1. The molecule has 0 saturated heterocycles. The summed E-state index contributed by atoms with van der Waals surface area (Å²) in [7, 11) is 0. The lowest BCUT2D eigenvalue weighted by molar-refractivity contribution is -0.122. The summed E-state index contributed by atoms with van der Waals surface area (Å²) < 4.78 is 31.8. The number of benzene rings is 2. The summed E-state index contributed by atoms with van der Waals surface area (Å²) in [6.07, 6.45) is -0.881. The van der Waals surface area contributed by atoms with Gasteiger partial charge in [-0.15, -0.1) is 0 Å². The number of hydrogen-bond acceptors (Lipinski definition) is 2. The Labute approximate surface area is 125 Å². The molecule has 0 fully saturated rings. The molecule has 0 aromatic heterocycles. The van der Waals surface area contributed by atoms with Crippen molar-refractivity contribution < 1.29 is 18.3 Å². The van der Waals surface area contributed by atoms with Crippen molar-refractivity contribution in [1.82, 2.24) is 0 Å². The smallest absolute Gasteiger partial charge is 0.265 e. The van der Waals surface area contributed by atoms with Gasteiger partial charge >= 0.3 is 0 Å². The van der Waals surface area contributed by atoms with Gasteiger partial charge < -0.3 is 10.1 Å². The molecule has 0 saturated carbocycles. The number of anilines is 1. The second-order valence-corrected chi connectivity index (χ2v) is 4.76. The van der Waals surface area contributed by atoms with Crippen LogP contribution in [0.1, 0.15) is 6.92 Å². The first-order chi connectivity index (χ1) is 9.95. The fourth-order valence-corrected chi connectivity index (χ4v) is 1.72. The predicted molar refractivity (Wildman–Crippen MR) is 76.5 cm³/mol. The molecular weight excluding hydrogens is 300 g/mol. The highest BCUT2D eigenvalue weighted by Gasteiger charge is 2.16. The van der Waals surface area contributed by atoms with Gasteiger partial charge in [-0.2, -0.15) is 0 Å². The summed E-state index contributed by atoms with van der Waals surface area (Å²) in [5, 5.41) is 2.82. The molecular formula is C15H12ClF2NO2.